The van der Waals surface area contributed by atoms with E-state index in [0.29, 0.717) is 12.6 Å². The normalized spacial score (nSPS) is 26.8. The number of rotatable bonds is 2. The first-order chi connectivity index (χ1) is 8.34. The number of hydrogen-bond acceptors (Lipinski definition) is 2. The maximum absolute atomic E-state index is 12.4. The molecule has 1 unspecified atom stereocenters. The van der Waals surface area contributed by atoms with Crippen LogP contribution < -0.4 is 0 Å². The Morgan fingerprint density at radius 2 is 1.94 bits per heavy atom. The van der Waals surface area contributed by atoms with Crippen LogP contribution in [0.2, 0.25) is 0 Å². The van der Waals surface area contributed by atoms with Gasteiger partial charge >= 0.3 is 12.0 Å². The van der Waals surface area contributed by atoms with Gasteiger partial charge in [-0.2, -0.15) is 0 Å². The molecule has 0 aromatic rings. The minimum absolute atomic E-state index is 0.127. The summed E-state index contributed by atoms with van der Waals surface area (Å²) in [7, 11) is 1.78. The highest BCUT2D eigenvalue weighted by Gasteiger charge is 2.46. The molecule has 2 aliphatic rings. The molecule has 0 aromatic heterocycles. The molecule has 1 N–H and O–H groups in total. The second-order valence-corrected chi connectivity index (χ2v) is 6.15. The van der Waals surface area contributed by atoms with Crippen molar-refractivity contribution in [3.05, 3.63) is 0 Å². The quantitative estimate of drug-likeness (QED) is 0.817. The SMILES string of the molecule is CN(C(=O)N1CCCC(C)(C)C1C(=O)O)C1CC1. The average Bonchev–Trinajstić information content (AvgIpc) is 3.08. The molecule has 1 saturated heterocycles. The summed E-state index contributed by atoms with van der Waals surface area (Å²) in [6.45, 7) is 4.42. The number of carbonyl (C=O) groups excluding carboxylic acids is 1. The van der Waals surface area contributed by atoms with E-state index >= 15 is 0 Å². The minimum atomic E-state index is -0.891. The Kier molecular flexibility index (Phi) is 3.25. The molecule has 5 heteroatoms. The number of nitrogens with zero attached hydrogens (tertiary/aromatic N) is 2. The number of piperidine rings is 1. The highest BCUT2D eigenvalue weighted by Crippen LogP contribution is 2.36. The zero-order valence-electron chi connectivity index (χ0n) is 11.3. The zero-order valence-corrected chi connectivity index (χ0v) is 11.3. The highest BCUT2D eigenvalue weighted by atomic mass is 16.4. The first-order valence-electron chi connectivity index (χ1n) is 6.61. The van der Waals surface area contributed by atoms with Crippen molar-refractivity contribution in [2.24, 2.45) is 5.41 Å². The third-order valence-corrected chi connectivity index (χ3v) is 4.15. The first kappa shape index (κ1) is 13.2. The first-order valence-corrected chi connectivity index (χ1v) is 6.61. The summed E-state index contributed by atoms with van der Waals surface area (Å²) in [5.74, 6) is -0.891. The van der Waals surface area contributed by atoms with Gasteiger partial charge in [0.25, 0.3) is 0 Å². The van der Waals surface area contributed by atoms with Crippen molar-refractivity contribution >= 4 is 12.0 Å². The summed E-state index contributed by atoms with van der Waals surface area (Å²) in [4.78, 5) is 27.1. The predicted molar refractivity (Wildman–Crippen MR) is 67.3 cm³/mol. The molecule has 1 saturated carbocycles. The molecule has 0 radical (unpaired) electrons. The van der Waals surface area contributed by atoms with Crippen LogP contribution in [0.3, 0.4) is 0 Å². The number of aliphatic carboxylic acids is 1. The van der Waals surface area contributed by atoms with Crippen molar-refractivity contribution in [3.63, 3.8) is 0 Å². The topological polar surface area (TPSA) is 60.9 Å². The van der Waals surface area contributed by atoms with E-state index in [9.17, 15) is 14.7 Å². The third-order valence-electron chi connectivity index (χ3n) is 4.15. The van der Waals surface area contributed by atoms with Crippen molar-refractivity contribution in [2.75, 3.05) is 13.6 Å². The Labute approximate surface area is 108 Å². The van der Waals surface area contributed by atoms with Crippen molar-refractivity contribution in [3.8, 4) is 0 Å². The Morgan fingerprint density at radius 1 is 1.33 bits per heavy atom. The summed E-state index contributed by atoms with van der Waals surface area (Å²) >= 11 is 0. The van der Waals surface area contributed by atoms with E-state index in [2.05, 4.69) is 0 Å². The average molecular weight is 254 g/mol. The van der Waals surface area contributed by atoms with Gasteiger partial charge in [0.2, 0.25) is 0 Å². The molecule has 1 aliphatic carbocycles. The van der Waals surface area contributed by atoms with Crippen molar-refractivity contribution in [1.29, 1.82) is 0 Å². The smallest absolute Gasteiger partial charge is 0.327 e. The Balaban J connectivity index is 2.18. The molecule has 102 valence electrons. The van der Waals surface area contributed by atoms with Crippen LogP contribution in [0.1, 0.15) is 39.5 Å². The summed E-state index contributed by atoms with van der Waals surface area (Å²) in [6, 6.07) is -0.519. The number of urea groups is 1. The maximum Gasteiger partial charge on any atom is 0.327 e. The second kappa shape index (κ2) is 4.44. The molecule has 2 rings (SSSR count). The fourth-order valence-electron chi connectivity index (χ4n) is 2.89. The summed E-state index contributed by atoms with van der Waals surface area (Å²) in [5, 5.41) is 9.42. The molecule has 0 bridgehead atoms. The van der Waals surface area contributed by atoms with Crippen LogP contribution >= 0.6 is 0 Å². The molecule has 5 nitrogen and oxygen atoms in total. The summed E-state index contributed by atoms with van der Waals surface area (Å²) in [5.41, 5.74) is -0.357. The van der Waals surface area contributed by atoms with Crippen molar-refractivity contribution in [2.45, 2.75) is 51.6 Å². The van der Waals surface area contributed by atoms with Gasteiger partial charge in [-0.15, -0.1) is 0 Å². The summed E-state index contributed by atoms with van der Waals surface area (Å²) < 4.78 is 0. The highest BCUT2D eigenvalue weighted by molar-refractivity contribution is 5.83. The predicted octanol–water partition coefficient (Wildman–Crippen LogP) is 1.78. The van der Waals surface area contributed by atoms with E-state index in [0.717, 1.165) is 25.7 Å². The zero-order chi connectivity index (χ0) is 13.5. The number of carbonyl (C=O) groups is 2. The number of amides is 2. The van der Waals surface area contributed by atoms with Crippen LogP contribution in [0.25, 0.3) is 0 Å². The van der Waals surface area contributed by atoms with Crippen LogP contribution in [0, 0.1) is 5.41 Å². The molecule has 0 aromatic carbocycles. The van der Waals surface area contributed by atoms with E-state index < -0.39 is 12.0 Å². The Bertz CT molecular complexity index is 363. The lowest BCUT2D eigenvalue weighted by atomic mass is 9.76. The van der Waals surface area contributed by atoms with Gasteiger partial charge < -0.3 is 14.9 Å². The minimum Gasteiger partial charge on any atom is -0.480 e. The molecule has 1 heterocycles. The van der Waals surface area contributed by atoms with Crippen LogP contribution in [0.5, 0.6) is 0 Å². The number of hydrogen-bond donors (Lipinski definition) is 1. The third kappa shape index (κ3) is 2.31. The monoisotopic (exact) mass is 254 g/mol. The van der Waals surface area contributed by atoms with E-state index in [1.165, 1.54) is 0 Å². The van der Waals surface area contributed by atoms with E-state index in [-0.39, 0.29) is 11.4 Å². The molecular weight excluding hydrogens is 232 g/mol. The largest absolute Gasteiger partial charge is 0.480 e. The van der Waals surface area contributed by atoms with Crippen LogP contribution in [0.4, 0.5) is 4.79 Å². The lowest BCUT2D eigenvalue weighted by Gasteiger charge is -2.45. The maximum atomic E-state index is 12.4. The van der Waals surface area contributed by atoms with Gasteiger partial charge in [0.1, 0.15) is 6.04 Å². The molecule has 2 fully saturated rings. The van der Waals surface area contributed by atoms with Crippen molar-refractivity contribution < 1.29 is 14.7 Å². The van der Waals surface area contributed by atoms with Gasteiger partial charge in [0.05, 0.1) is 0 Å². The van der Waals surface area contributed by atoms with Crippen molar-refractivity contribution in [1.82, 2.24) is 9.80 Å². The van der Waals surface area contributed by atoms with Gasteiger partial charge in [-0.25, -0.2) is 9.59 Å². The molecule has 18 heavy (non-hydrogen) atoms. The fraction of sp³-hybridized carbons (Fsp3) is 0.846. The standard InChI is InChI=1S/C13H22N2O3/c1-13(2)7-4-8-15(10(13)11(16)17)12(18)14(3)9-5-6-9/h9-10H,4-8H2,1-3H3,(H,16,17). The number of likely N-dealkylation sites (tertiary alicyclic amines) is 1. The number of carboxylic acid groups (broad SMARTS) is 1. The Morgan fingerprint density at radius 3 is 2.44 bits per heavy atom. The fourth-order valence-corrected chi connectivity index (χ4v) is 2.89. The van der Waals surface area contributed by atoms with Crippen LogP contribution in [0.15, 0.2) is 0 Å². The van der Waals surface area contributed by atoms with Gasteiger partial charge in [0.15, 0.2) is 0 Å². The second-order valence-electron chi connectivity index (χ2n) is 6.15. The van der Waals surface area contributed by atoms with Gasteiger partial charge in [-0.05, 0) is 31.1 Å². The van der Waals surface area contributed by atoms with E-state index in [4.69, 9.17) is 0 Å². The number of carboxylic acids is 1. The van der Waals surface area contributed by atoms with Gasteiger partial charge in [-0.1, -0.05) is 13.8 Å². The lowest BCUT2D eigenvalue weighted by Crippen LogP contribution is -2.59. The van der Waals surface area contributed by atoms with E-state index in [1.54, 1.807) is 16.8 Å². The van der Waals surface area contributed by atoms with Crippen LogP contribution in [-0.4, -0.2) is 52.6 Å². The van der Waals surface area contributed by atoms with Crippen LogP contribution in [-0.2, 0) is 4.79 Å². The summed E-state index contributed by atoms with van der Waals surface area (Å²) in [6.07, 6.45) is 3.80. The van der Waals surface area contributed by atoms with E-state index in [1.807, 2.05) is 13.8 Å². The molecule has 2 amide bonds. The molecule has 1 atom stereocenters. The van der Waals surface area contributed by atoms with Gasteiger partial charge in [0, 0.05) is 19.6 Å². The molecule has 0 spiro atoms. The Hall–Kier alpha value is -1.26. The lowest BCUT2D eigenvalue weighted by molar-refractivity contribution is -0.148. The van der Waals surface area contributed by atoms with Gasteiger partial charge in [-0.3, -0.25) is 0 Å². The molecule has 1 aliphatic heterocycles. The molecular formula is C13H22N2O3.